The predicted molar refractivity (Wildman–Crippen MR) is 121 cm³/mol. The summed E-state index contributed by atoms with van der Waals surface area (Å²) < 4.78 is 33.8. The minimum atomic E-state index is -3.58. The van der Waals surface area contributed by atoms with Crippen LogP contribution >= 0.6 is 15.9 Å². The molecule has 1 fully saturated rings. The van der Waals surface area contributed by atoms with Crippen molar-refractivity contribution < 1.29 is 17.9 Å². The molecule has 1 saturated heterocycles. The first-order chi connectivity index (χ1) is 14.1. The zero-order valence-corrected chi connectivity index (χ0v) is 19.6. The van der Waals surface area contributed by atoms with Crippen LogP contribution in [-0.2, 0) is 19.6 Å². The van der Waals surface area contributed by atoms with Crippen LogP contribution in [-0.4, -0.2) is 50.5 Å². The average Bonchev–Trinajstić information content (AvgIpc) is 2.69. The molecule has 9 heteroatoms. The highest BCUT2D eigenvalue weighted by Crippen LogP contribution is 2.23. The van der Waals surface area contributed by atoms with Crippen LogP contribution < -0.4 is 10.6 Å². The molecule has 7 nitrogen and oxygen atoms in total. The molecular formula is C21H26BrN3O4S. The summed E-state index contributed by atoms with van der Waals surface area (Å²) in [6.45, 7) is 6.42. The lowest BCUT2D eigenvalue weighted by atomic mass is 10.2. The summed E-state index contributed by atoms with van der Waals surface area (Å²) in [5.74, 6) is -0.190. The Labute approximate surface area is 186 Å². The van der Waals surface area contributed by atoms with Crippen molar-refractivity contribution in [3.8, 4) is 0 Å². The first kappa shape index (κ1) is 22.7. The number of benzene rings is 2. The number of anilines is 2. The normalized spacial score (nSPS) is 20.0. The fraction of sp³-hybridized carbons (Fsp3) is 0.381. The van der Waals surface area contributed by atoms with Gasteiger partial charge in [-0.3, -0.25) is 4.79 Å². The second-order valence-corrected chi connectivity index (χ2v) is 10.3. The molecule has 1 heterocycles. The zero-order chi connectivity index (χ0) is 21.9. The summed E-state index contributed by atoms with van der Waals surface area (Å²) in [6, 6.07) is 12.0. The van der Waals surface area contributed by atoms with Gasteiger partial charge in [-0.15, -0.1) is 0 Å². The fourth-order valence-electron chi connectivity index (χ4n) is 3.33. The van der Waals surface area contributed by atoms with Gasteiger partial charge in [0.1, 0.15) is 0 Å². The Bertz CT molecular complexity index is 1000. The number of hydrogen-bond acceptors (Lipinski definition) is 5. The molecule has 2 aromatic rings. The standard InChI is InChI=1S/C21H26BrN3O4S/c1-14-10-18(6-9-20(14)22)24-21(26)11-23-17-4-7-19(8-5-17)30(27,28)25-12-15(2)29-16(3)13-25/h4-10,15-16,23H,11-13H2,1-3H3,(H,24,26)/t15-,16-/m0/s1. The lowest BCUT2D eigenvalue weighted by Crippen LogP contribution is -2.48. The van der Waals surface area contributed by atoms with E-state index in [1.54, 1.807) is 24.3 Å². The van der Waals surface area contributed by atoms with Gasteiger partial charge in [-0.05, 0) is 68.8 Å². The van der Waals surface area contributed by atoms with Crippen molar-refractivity contribution >= 4 is 43.2 Å². The monoisotopic (exact) mass is 495 g/mol. The van der Waals surface area contributed by atoms with E-state index in [-0.39, 0.29) is 29.6 Å². The van der Waals surface area contributed by atoms with Crippen LogP contribution in [0, 0.1) is 6.92 Å². The number of carbonyl (C=O) groups excluding carboxylic acids is 1. The van der Waals surface area contributed by atoms with Crippen LogP contribution in [0.25, 0.3) is 0 Å². The number of rotatable bonds is 6. The molecular weight excluding hydrogens is 470 g/mol. The van der Waals surface area contributed by atoms with Crippen LogP contribution in [0.5, 0.6) is 0 Å². The number of aryl methyl sites for hydroxylation is 1. The molecule has 162 valence electrons. The van der Waals surface area contributed by atoms with Gasteiger partial charge in [0, 0.05) is 28.9 Å². The van der Waals surface area contributed by atoms with Gasteiger partial charge in [0.25, 0.3) is 0 Å². The lowest BCUT2D eigenvalue weighted by Gasteiger charge is -2.34. The van der Waals surface area contributed by atoms with Crippen molar-refractivity contribution in [3.05, 3.63) is 52.5 Å². The Morgan fingerprint density at radius 3 is 2.30 bits per heavy atom. The largest absolute Gasteiger partial charge is 0.376 e. The van der Waals surface area contributed by atoms with Crippen LogP contribution in [0.15, 0.2) is 51.8 Å². The number of nitrogens with zero attached hydrogens (tertiary/aromatic N) is 1. The van der Waals surface area contributed by atoms with Crippen molar-refractivity contribution in [2.45, 2.75) is 37.9 Å². The zero-order valence-electron chi connectivity index (χ0n) is 17.2. The number of hydrogen-bond donors (Lipinski definition) is 2. The van der Waals surface area contributed by atoms with Gasteiger partial charge >= 0.3 is 0 Å². The molecule has 2 aromatic carbocycles. The third-order valence-corrected chi connectivity index (χ3v) is 7.51. The third-order valence-electron chi connectivity index (χ3n) is 4.77. The maximum absolute atomic E-state index is 12.9. The molecule has 0 unspecified atom stereocenters. The average molecular weight is 496 g/mol. The van der Waals surface area contributed by atoms with Crippen molar-refractivity contribution in [2.24, 2.45) is 0 Å². The van der Waals surface area contributed by atoms with E-state index < -0.39 is 10.0 Å². The summed E-state index contributed by atoms with van der Waals surface area (Å²) in [4.78, 5) is 12.4. The molecule has 1 aliphatic heterocycles. The lowest BCUT2D eigenvalue weighted by molar-refractivity contribution is -0.114. The Kier molecular flexibility index (Phi) is 7.18. The minimum Gasteiger partial charge on any atom is -0.376 e. The summed E-state index contributed by atoms with van der Waals surface area (Å²) in [6.07, 6.45) is -0.282. The Morgan fingerprint density at radius 1 is 1.10 bits per heavy atom. The highest BCUT2D eigenvalue weighted by molar-refractivity contribution is 9.10. The maximum atomic E-state index is 12.9. The number of halogens is 1. The Balaban J connectivity index is 1.58. The molecule has 0 spiro atoms. The van der Waals surface area contributed by atoms with Crippen LogP contribution in [0.4, 0.5) is 11.4 Å². The van der Waals surface area contributed by atoms with E-state index in [0.29, 0.717) is 18.8 Å². The quantitative estimate of drug-likeness (QED) is 0.638. The summed E-state index contributed by atoms with van der Waals surface area (Å²) in [7, 11) is -3.58. The molecule has 1 aliphatic rings. The van der Waals surface area contributed by atoms with Crippen LogP contribution in [0.1, 0.15) is 19.4 Å². The number of amides is 1. The number of sulfonamides is 1. The first-order valence-electron chi connectivity index (χ1n) is 9.70. The maximum Gasteiger partial charge on any atom is 0.243 e. The van der Waals surface area contributed by atoms with Gasteiger partial charge in [0.05, 0.1) is 23.6 Å². The van der Waals surface area contributed by atoms with E-state index in [1.165, 1.54) is 4.31 Å². The third kappa shape index (κ3) is 5.60. The number of morpholine rings is 1. The molecule has 0 aliphatic carbocycles. The predicted octanol–water partition coefficient (Wildman–Crippen LogP) is 3.61. The smallest absolute Gasteiger partial charge is 0.243 e. The van der Waals surface area contributed by atoms with Gasteiger partial charge in [-0.25, -0.2) is 8.42 Å². The number of carbonyl (C=O) groups is 1. The van der Waals surface area contributed by atoms with Gasteiger partial charge in [-0.1, -0.05) is 15.9 Å². The highest BCUT2D eigenvalue weighted by atomic mass is 79.9. The summed E-state index contributed by atoms with van der Waals surface area (Å²) in [5.41, 5.74) is 2.42. The Morgan fingerprint density at radius 2 is 1.70 bits per heavy atom. The summed E-state index contributed by atoms with van der Waals surface area (Å²) >= 11 is 3.43. The van der Waals surface area contributed by atoms with Gasteiger partial charge in [0.2, 0.25) is 15.9 Å². The molecule has 0 saturated carbocycles. The highest BCUT2D eigenvalue weighted by Gasteiger charge is 2.32. The van der Waals surface area contributed by atoms with E-state index in [4.69, 9.17) is 4.74 Å². The van der Waals surface area contributed by atoms with E-state index in [9.17, 15) is 13.2 Å². The molecule has 1 amide bonds. The fourth-order valence-corrected chi connectivity index (χ4v) is 5.17. The van der Waals surface area contributed by atoms with Crippen LogP contribution in [0.3, 0.4) is 0 Å². The molecule has 3 rings (SSSR count). The number of ether oxygens (including phenoxy) is 1. The van der Waals surface area contributed by atoms with Crippen molar-refractivity contribution in [1.29, 1.82) is 0 Å². The molecule has 30 heavy (non-hydrogen) atoms. The van der Waals surface area contributed by atoms with E-state index in [1.807, 2.05) is 39.0 Å². The van der Waals surface area contributed by atoms with Crippen molar-refractivity contribution in [1.82, 2.24) is 4.31 Å². The van der Waals surface area contributed by atoms with Gasteiger partial charge in [-0.2, -0.15) is 4.31 Å². The Hall–Kier alpha value is -1.94. The minimum absolute atomic E-state index is 0.0691. The summed E-state index contributed by atoms with van der Waals surface area (Å²) in [5, 5.41) is 5.84. The second-order valence-electron chi connectivity index (χ2n) is 7.47. The SMILES string of the molecule is Cc1cc(NC(=O)CNc2ccc(S(=O)(=O)N3C[C@H](C)O[C@@H](C)C3)cc2)ccc1Br. The first-order valence-corrected chi connectivity index (χ1v) is 11.9. The molecule has 2 N–H and O–H groups in total. The molecule has 0 bridgehead atoms. The topological polar surface area (TPSA) is 87.7 Å². The number of nitrogens with one attached hydrogen (secondary N) is 2. The molecule has 0 aromatic heterocycles. The van der Waals surface area contributed by atoms with Crippen molar-refractivity contribution in [3.63, 3.8) is 0 Å². The molecule has 2 atom stereocenters. The molecule has 0 radical (unpaired) electrons. The van der Waals surface area contributed by atoms with Crippen molar-refractivity contribution in [2.75, 3.05) is 30.3 Å². The van der Waals surface area contributed by atoms with Crippen LogP contribution in [0.2, 0.25) is 0 Å². The van der Waals surface area contributed by atoms with E-state index in [2.05, 4.69) is 26.6 Å². The van der Waals surface area contributed by atoms with E-state index >= 15 is 0 Å². The second kappa shape index (κ2) is 9.47. The van der Waals surface area contributed by atoms with Gasteiger partial charge < -0.3 is 15.4 Å². The van der Waals surface area contributed by atoms with Gasteiger partial charge in [0.15, 0.2) is 0 Å². The van der Waals surface area contributed by atoms with E-state index in [0.717, 1.165) is 15.7 Å².